The first kappa shape index (κ1) is 17.2. The lowest BCUT2D eigenvalue weighted by atomic mass is 10.1. The molecular formula is C16H23N3O4. The molecule has 1 aliphatic rings. The fraction of sp³-hybridized carbons (Fsp3) is 0.500. The number of ether oxygens (including phenoxy) is 1. The summed E-state index contributed by atoms with van der Waals surface area (Å²) in [5, 5.41) is 15.5. The van der Waals surface area contributed by atoms with Gasteiger partial charge in [-0.05, 0) is 24.1 Å². The second-order valence-electron chi connectivity index (χ2n) is 5.45. The van der Waals surface area contributed by atoms with Gasteiger partial charge in [0.25, 0.3) is 5.91 Å². The Labute approximate surface area is 135 Å². The highest BCUT2D eigenvalue weighted by Gasteiger charge is 2.18. The molecule has 1 fully saturated rings. The smallest absolute Gasteiger partial charge is 0.253 e. The van der Waals surface area contributed by atoms with Gasteiger partial charge in [0.05, 0.1) is 13.7 Å². The molecule has 7 nitrogen and oxygen atoms in total. The van der Waals surface area contributed by atoms with E-state index in [0.29, 0.717) is 30.9 Å². The van der Waals surface area contributed by atoms with Crippen LogP contribution >= 0.6 is 0 Å². The minimum Gasteiger partial charge on any atom is -0.497 e. The summed E-state index contributed by atoms with van der Waals surface area (Å²) in [5.74, 6) is 0.286. The molecule has 3 N–H and O–H groups in total. The molecule has 0 aromatic heterocycles. The second-order valence-corrected chi connectivity index (χ2v) is 5.45. The summed E-state index contributed by atoms with van der Waals surface area (Å²) in [6.07, 6.45) is -0.462. The average Bonchev–Trinajstić information content (AvgIpc) is 2.58. The van der Waals surface area contributed by atoms with Gasteiger partial charge >= 0.3 is 0 Å². The van der Waals surface area contributed by atoms with E-state index in [2.05, 4.69) is 10.6 Å². The Hall–Kier alpha value is -2.12. The molecule has 2 amide bonds. The van der Waals surface area contributed by atoms with Gasteiger partial charge in [0.15, 0.2) is 6.10 Å². The molecule has 0 bridgehead atoms. The second kappa shape index (κ2) is 8.50. The molecule has 23 heavy (non-hydrogen) atoms. The first-order valence-corrected chi connectivity index (χ1v) is 7.69. The number of hydrogen-bond donors (Lipinski definition) is 3. The Kier molecular flexibility index (Phi) is 6.37. The van der Waals surface area contributed by atoms with Crippen molar-refractivity contribution in [3.8, 4) is 5.75 Å². The predicted molar refractivity (Wildman–Crippen MR) is 85.0 cm³/mol. The fourth-order valence-electron chi connectivity index (χ4n) is 2.43. The average molecular weight is 321 g/mol. The molecule has 0 spiro atoms. The lowest BCUT2D eigenvalue weighted by Gasteiger charge is -2.26. The normalized spacial score (nSPS) is 16.5. The lowest BCUT2D eigenvalue weighted by molar-refractivity contribution is -0.129. The molecule has 1 aliphatic heterocycles. The molecule has 0 radical (unpaired) electrons. The number of aliphatic hydroxyl groups excluding tert-OH is 1. The summed E-state index contributed by atoms with van der Waals surface area (Å²) >= 11 is 0. The van der Waals surface area contributed by atoms with Crippen molar-refractivity contribution in [3.05, 3.63) is 29.8 Å². The Morgan fingerprint density at radius 2 is 2.17 bits per heavy atom. The summed E-state index contributed by atoms with van der Waals surface area (Å²) in [7, 11) is 1.56. The van der Waals surface area contributed by atoms with Crippen LogP contribution in [0.25, 0.3) is 0 Å². The highest BCUT2D eigenvalue weighted by atomic mass is 16.5. The van der Waals surface area contributed by atoms with Crippen molar-refractivity contribution in [3.63, 3.8) is 0 Å². The molecular weight excluding hydrogens is 298 g/mol. The molecule has 0 saturated carbocycles. The van der Waals surface area contributed by atoms with Gasteiger partial charge in [-0.15, -0.1) is 0 Å². The molecule has 126 valence electrons. The monoisotopic (exact) mass is 321 g/mol. The number of benzene rings is 1. The maximum absolute atomic E-state index is 11.9. The van der Waals surface area contributed by atoms with Gasteiger partial charge < -0.3 is 20.5 Å². The third-order valence-corrected chi connectivity index (χ3v) is 3.75. The van der Waals surface area contributed by atoms with Gasteiger partial charge in [0, 0.05) is 26.2 Å². The minimum absolute atomic E-state index is 0.0372. The van der Waals surface area contributed by atoms with Crippen LogP contribution in [-0.4, -0.2) is 61.7 Å². The standard InChI is InChI=1S/C16H23N3O4/c1-23-13-5-3-12(4-6-13)15(21)16(22)18-7-2-9-19-10-8-17-14(20)11-19/h3-6,15,21H,2,7-11H2,1H3,(H,17,20)(H,18,22)/t15-/m0/s1. The number of aliphatic hydroxyl groups is 1. The summed E-state index contributed by atoms with van der Waals surface area (Å²) < 4.78 is 5.04. The van der Waals surface area contributed by atoms with Crippen LogP contribution in [0.3, 0.4) is 0 Å². The zero-order valence-corrected chi connectivity index (χ0v) is 13.2. The third kappa shape index (κ3) is 5.22. The maximum atomic E-state index is 11.9. The van der Waals surface area contributed by atoms with E-state index in [1.54, 1.807) is 31.4 Å². The van der Waals surface area contributed by atoms with Crippen LogP contribution in [-0.2, 0) is 9.59 Å². The number of piperazine rings is 1. The van der Waals surface area contributed by atoms with Crippen LogP contribution in [0.5, 0.6) is 5.75 Å². The van der Waals surface area contributed by atoms with E-state index in [0.717, 1.165) is 19.5 Å². The zero-order valence-electron chi connectivity index (χ0n) is 13.2. The van der Waals surface area contributed by atoms with Crippen LogP contribution in [0.4, 0.5) is 0 Å². The number of nitrogens with zero attached hydrogens (tertiary/aromatic N) is 1. The van der Waals surface area contributed by atoms with Crippen LogP contribution in [0.2, 0.25) is 0 Å². The SMILES string of the molecule is COc1ccc([C@H](O)C(=O)NCCCN2CCNC(=O)C2)cc1. The van der Waals surface area contributed by atoms with Crippen molar-refractivity contribution in [1.29, 1.82) is 0 Å². The van der Waals surface area contributed by atoms with Crippen LogP contribution < -0.4 is 15.4 Å². The lowest BCUT2D eigenvalue weighted by Crippen LogP contribution is -2.48. The Morgan fingerprint density at radius 1 is 1.43 bits per heavy atom. The maximum Gasteiger partial charge on any atom is 0.253 e. The molecule has 1 saturated heterocycles. The highest BCUT2D eigenvalue weighted by molar-refractivity contribution is 5.81. The number of hydrogen-bond acceptors (Lipinski definition) is 5. The fourth-order valence-corrected chi connectivity index (χ4v) is 2.43. The van der Waals surface area contributed by atoms with E-state index >= 15 is 0 Å². The van der Waals surface area contributed by atoms with E-state index in [9.17, 15) is 14.7 Å². The first-order valence-electron chi connectivity index (χ1n) is 7.69. The molecule has 1 aromatic rings. The molecule has 0 unspecified atom stereocenters. The van der Waals surface area contributed by atoms with Gasteiger partial charge in [0.2, 0.25) is 5.91 Å². The van der Waals surface area contributed by atoms with E-state index in [1.807, 2.05) is 4.90 Å². The van der Waals surface area contributed by atoms with Crippen molar-refractivity contribution in [2.75, 3.05) is 39.8 Å². The van der Waals surface area contributed by atoms with Crippen molar-refractivity contribution in [1.82, 2.24) is 15.5 Å². The Balaban J connectivity index is 1.70. The molecule has 1 heterocycles. The molecule has 2 rings (SSSR count). The van der Waals surface area contributed by atoms with E-state index < -0.39 is 12.0 Å². The highest BCUT2D eigenvalue weighted by Crippen LogP contribution is 2.17. The van der Waals surface area contributed by atoms with Crippen molar-refractivity contribution < 1.29 is 19.4 Å². The largest absolute Gasteiger partial charge is 0.497 e. The minimum atomic E-state index is -1.19. The van der Waals surface area contributed by atoms with Gasteiger partial charge in [0.1, 0.15) is 5.75 Å². The van der Waals surface area contributed by atoms with E-state index in [-0.39, 0.29) is 5.91 Å². The predicted octanol–water partition coefficient (Wildman–Crippen LogP) is -0.333. The van der Waals surface area contributed by atoms with Crippen LogP contribution in [0.1, 0.15) is 18.1 Å². The third-order valence-electron chi connectivity index (χ3n) is 3.75. The van der Waals surface area contributed by atoms with Gasteiger partial charge in [-0.3, -0.25) is 14.5 Å². The molecule has 1 atom stereocenters. The number of carbonyl (C=O) groups excluding carboxylic acids is 2. The van der Waals surface area contributed by atoms with Gasteiger partial charge in [-0.2, -0.15) is 0 Å². The number of amides is 2. The van der Waals surface area contributed by atoms with Crippen LogP contribution in [0.15, 0.2) is 24.3 Å². The first-order chi connectivity index (χ1) is 11.1. The van der Waals surface area contributed by atoms with Crippen LogP contribution in [0, 0.1) is 0 Å². The number of nitrogens with one attached hydrogen (secondary N) is 2. The van der Waals surface area contributed by atoms with Gasteiger partial charge in [-0.25, -0.2) is 0 Å². The van der Waals surface area contributed by atoms with Gasteiger partial charge in [-0.1, -0.05) is 12.1 Å². The molecule has 1 aromatic carbocycles. The zero-order chi connectivity index (χ0) is 16.7. The van der Waals surface area contributed by atoms with Crippen molar-refractivity contribution in [2.45, 2.75) is 12.5 Å². The Bertz CT molecular complexity index is 533. The number of rotatable bonds is 7. The summed E-state index contributed by atoms with van der Waals surface area (Å²) in [6, 6.07) is 6.73. The van der Waals surface area contributed by atoms with E-state index in [1.165, 1.54) is 0 Å². The molecule has 7 heteroatoms. The summed E-state index contributed by atoms with van der Waals surface area (Å²) in [5.41, 5.74) is 0.524. The van der Waals surface area contributed by atoms with Crippen molar-refractivity contribution >= 4 is 11.8 Å². The number of methoxy groups -OCH3 is 1. The quantitative estimate of drug-likeness (QED) is 0.598. The summed E-state index contributed by atoms with van der Waals surface area (Å²) in [6.45, 7) is 3.11. The Morgan fingerprint density at radius 3 is 2.83 bits per heavy atom. The summed E-state index contributed by atoms with van der Waals surface area (Å²) in [4.78, 5) is 25.2. The number of carbonyl (C=O) groups is 2. The van der Waals surface area contributed by atoms with Crippen molar-refractivity contribution in [2.24, 2.45) is 0 Å². The topological polar surface area (TPSA) is 90.9 Å². The van der Waals surface area contributed by atoms with E-state index in [4.69, 9.17) is 4.74 Å². The molecule has 0 aliphatic carbocycles.